The summed E-state index contributed by atoms with van der Waals surface area (Å²) in [7, 11) is 0. The summed E-state index contributed by atoms with van der Waals surface area (Å²) in [4.78, 5) is 11.8. The summed E-state index contributed by atoms with van der Waals surface area (Å²) in [6, 6.07) is 10.5. The van der Waals surface area contributed by atoms with Gasteiger partial charge in [-0.1, -0.05) is 30.3 Å². The van der Waals surface area contributed by atoms with Crippen molar-refractivity contribution < 1.29 is 18.3 Å². The lowest BCUT2D eigenvalue weighted by molar-refractivity contribution is 0.0238. The van der Waals surface area contributed by atoms with Gasteiger partial charge in [-0.05, 0) is 17.7 Å². The minimum Gasteiger partial charge on any atom is -0.453 e. The fraction of sp³-hybridized carbons (Fsp3) is 0.133. The Kier molecular flexibility index (Phi) is 2.78. The Balaban J connectivity index is 2.03. The van der Waals surface area contributed by atoms with Crippen LogP contribution in [0.3, 0.4) is 0 Å². The van der Waals surface area contributed by atoms with Crippen LogP contribution in [0, 0.1) is 11.6 Å². The Morgan fingerprint density at radius 2 is 1.74 bits per heavy atom. The van der Waals surface area contributed by atoms with Gasteiger partial charge in [-0.15, -0.1) is 0 Å². The van der Waals surface area contributed by atoms with Crippen LogP contribution in [0.5, 0.6) is 0 Å². The maximum absolute atomic E-state index is 13.7. The van der Waals surface area contributed by atoms with Gasteiger partial charge < -0.3 is 4.74 Å². The number of hydrogen-bond donors (Lipinski definition) is 0. The first-order valence-corrected chi connectivity index (χ1v) is 5.89. The van der Waals surface area contributed by atoms with E-state index in [1.165, 1.54) is 18.2 Å². The van der Waals surface area contributed by atoms with Crippen LogP contribution in [0.2, 0.25) is 0 Å². The molecule has 0 amide bonds. The van der Waals surface area contributed by atoms with E-state index in [9.17, 15) is 13.6 Å². The zero-order valence-electron chi connectivity index (χ0n) is 9.90. The maximum Gasteiger partial charge on any atom is 0.342 e. The maximum atomic E-state index is 13.7. The lowest BCUT2D eigenvalue weighted by Crippen LogP contribution is -2.23. The first-order valence-electron chi connectivity index (χ1n) is 5.89. The van der Waals surface area contributed by atoms with Crippen molar-refractivity contribution in [1.29, 1.82) is 0 Å². The largest absolute Gasteiger partial charge is 0.453 e. The standard InChI is InChI=1S/C15H10F2O2/c16-11-6-2-1-5-10(11)13-8-9-4-3-7-12(17)14(9)15(18)19-13/h1-7,13H,8H2. The number of hydrogen-bond acceptors (Lipinski definition) is 2. The third-order valence-electron chi connectivity index (χ3n) is 3.21. The number of rotatable bonds is 1. The predicted molar refractivity (Wildman–Crippen MR) is 64.7 cm³/mol. The second-order valence-corrected chi connectivity index (χ2v) is 4.39. The molecule has 0 aliphatic carbocycles. The highest BCUT2D eigenvalue weighted by Crippen LogP contribution is 2.32. The molecule has 0 N–H and O–H groups in total. The Hall–Kier alpha value is -2.23. The first-order chi connectivity index (χ1) is 9.16. The van der Waals surface area contributed by atoms with Crippen LogP contribution >= 0.6 is 0 Å². The summed E-state index contributed by atoms with van der Waals surface area (Å²) in [5, 5.41) is 0. The van der Waals surface area contributed by atoms with Crippen molar-refractivity contribution in [2.45, 2.75) is 12.5 Å². The van der Waals surface area contributed by atoms with Gasteiger partial charge in [0.15, 0.2) is 0 Å². The van der Waals surface area contributed by atoms with E-state index in [0.717, 1.165) is 0 Å². The van der Waals surface area contributed by atoms with Crippen LogP contribution in [-0.4, -0.2) is 5.97 Å². The molecule has 1 heterocycles. The molecule has 3 rings (SSSR count). The summed E-state index contributed by atoms with van der Waals surface area (Å²) in [6.07, 6.45) is -0.428. The number of halogens is 2. The second-order valence-electron chi connectivity index (χ2n) is 4.39. The molecule has 0 radical (unpaired) electrons. The Morgan fingerprint density at radius 1 is 1.00 bits per heavy atom. The van der Waals surface area contributed by atoms with E-state index < -0.39 is 23.7 Å². The third-order valence-corrected chi connectivity index (χ3v) is 3.21. The van der Waals surface area contributed by atoms with E-state index >= 15 is 0 Å². The van der Waals surface area contributed by atoms with Crippen LogP contribution in [0.25, 0.3) is 0 Å². The molecule has 0 aromatic heterocycles. The molecule has 1 unspecified atom stereocenters. The van der Waals surface area contributed by atoms with E-state index in [1.54, 1.807) is 24.3 Å². The first kappa shape index (κ1) is 11.8. The second kappa shape index (κ2) is 4.46. The molecule has 0 saturated carbocycles. The molecule has 2 aromatic carbocycles. The van der Waals surface area contributed by atoms with Crippen molar-refractivity contribution in [3.63, 3.8) is 0 Å². The highest BCUT2D eigenvalue weighted by Gasteiger charge is 2.31. The van der Waals surface area contributed by atoms with Gasteiger partial charge in [-0.3, -0.25) is 0 Å². The van der Waals surface area contributed by atoms with E-state index in [0.29, 0.717) is 11.1 Å². The molecule has 0 spiro atoms. The zero-order valence-corrected chi connectivity index (χ0v) is 9.90. The SMILES string of the molecule is O=C1OC(c2ccccc2F)Cc2cccc(F)c21. The van der Waals surface area contributed by atoms with Crippen molar-refractivity contribution in [1.82, 2.24) is 0 Å². The van der Waals surface area contributed by atoms with Crippen LogP contribution in [0.15, 0.2) is 42.5 Å². The molecule has 4 heteroatoms. The number of esters is 1. The molecule has 1 aliphatic rings. The normalized spacial score (nSPS) is 17.8. The smallest absolute Gasteiger partial charge is 0.342 e. The average Bonchev–Trinajstić information content (AvgIpc) is 2.39. The topological polar surface area (TPSA) is 26.3 Å². The number of carbonyl (C=O) groups excluding carboxylic acids is 1. The van der Waals surface area contributed by atoms with E-state index in [-0.39, 0.29) is 12.0 Å². The van der Waals surface area contributed by atoms with Gasteiger partial charge in [0.1, 0.15) is 17.7 Å². The monoisotopic (exact) mass is 260 g/mol. The van der Waals surface area contributed by atoms with Gasteiger partial charge in [-0.25, -0.2) is 13.6 Å². The summed E-state index contributed by atoms with van der Waals surface area (Å²) in [5.74, 6) is -1.78. The molecule has 2 aromatic rings. The van der Waals surface area contributed by atoms with Gasteiger partial charge in [-0.2, -0.15) is 0 Å². The summed E-state index contributed by atoms with van der Waals surface area (Å²) in [5.41, 5.74) is 0.811. The minimum absolute atomic E-state index is 0.0462. The molecular formula is C15H10F2O2. The van der Waals surface area contributed by atoms with Crippen molar-refractivity contribution >= 4 is 5.97 Å². The molecule has 1 atom stereocenters. The van der Waals surface area contributed by atoms with Crippen LogP contribution in [0.1, 0.15) is 27.6 Å². The fourth-order valence-electron chi connectivity index (χ4n) is 2.31. The summed E-state index contributed by atoms with van der Waals surface area (Å²) < 4.78 is 32.4. The van der Waals surface area contributed by atoms with E-state index in [2.05, 4.69) is 0 Å². The number of fused-ring (bicyclic) bond motifs is 1. The number of ether oxygens (including phenoxy) is 1. The molecule has 96 valence electrons. The number of benzene rings is 2. The predicted octanol–water partition coefficient (Wildman–Crippen LogP) is 3.42. The number of carbonyl (C=O) groups is 1. The molecule has 0 fully saturated rings. The summed E-state index contributed by atoms with van der Waals surface area (Å²) in [6.45, 7) is 0. The van der Waals surface area contributed by atoms with Gasteiger partial charge in [0.25, 0.3) is 0 Å². The fourth-order valence-corrected chi connectivity index (χ4v) is 2.31. The van der Waals surface area contributed by atoms with Crippen molar-refractivity contribution in [2.24, 2.45) is 0 Å². The van der Waals surface area contributed by atoms with Crippen molar-refractivity contribution in [2.75, 3.05) is 0 Å². The molecule has 1 aliphatic heterocycles. The summed E-state index contributed by atoms with van der Waals surface area (Å²) >= 11 is 0. The molecule has 0 bridgehead atoms. The van der Waals surface area contributed by atoms with Crippen molar-refractivity contribution in [3.8, 4) is 0 Å². The molecule has 19 heavy (non-hydrogen) atoms. The lowest BCUT2D eigenvalue weighted by atomic mass is 9.94. The molecule has 0 saturated heterocycles. The molecule has 2 nitrogen and oxygen atoms in total. The zero-order chi connectivity index (χ0) is 13.4. The average molecular weight is 260 g/mol. The van der Waals surface area contributed by atoms with Crippen molar-refractivity contribution in [3.05, 3.63) is 70.8 Å². The Morgan fingerprint density at radius 3 is 2.53 bits per heavy atom. The van der Waals surface area contributed by atoms with Crippen LogP contribution < -0.4 is 0 Å². The van der Waals surface area contributed by atoms with Gasteiger partial charge in [0.05, 0.1) is 5.56 Å². The Labute approximate surface area is 108 Å². The van der Waals surface area contributed by atoms with Crippen LogP contribution in [0.4, 0.5) is 8.78 Å². The van der Waals surface area contributed by atoms with Crippen LogP contribution in [-0.2, 0) is 11.2 Å². The van der Waals surface area contributed by atoms with E-state index in [1.807, 2.05) is 0 Å². The van der Waals surface area contributed by atoms with Gasteiger partial charge in [0, 0.05) is 12.0 Å². The van der Waals surface area contributed by atoms with Gasteiger partial charge >= 0.3 is 5.97 Å². The third kappa shape index (κ3) is 1.99. The van der Waals surface area contributed by atoms with E-state index in [4.69, 9.17) is 4.74 Å². The quantitative estimate of drug-likeness (QED) is 0.734. The Bertz CT molecular complexity index is 652. The highest BCUT2D eigenvalue weighted by molar-refractivity contribution is 5.92. The molecular weight excluding hydrogens is 250 g/mol. The minimum atomic E-state index is -0.743. The van der Waals surface area contributed by atoms with Gasteiger partial charge in [0.2, 0.25) is 0 Å². The highest BCUT2D eigenvalue weighted by atomic mass is 19.1. The number of cyclic esters (lactones) is 1. The lowest BCUT2D eigenvalue weighted by Gasteiger charge is -2.25.